The van der Waals surface area contributed by atoms with Gasteiger partial charge in [0.05, 0.1) is 19.3 Å². The fraction of sp³-hybridized carbons (Fsp3) is 0.522. The van der Waals surface area contributed by atoms with Gasteiger partial charge in [-0.1, -0.05) is 36.8 Å². The molecule has 0 spiro atoms. The molecule has 8 nitrogen and oxygen atoms in total. The quantitative estimate of drug-likeness (QED) is 0.443. The number of piperidine rings is 1. The third-order valence-electron chi connectivity index (χ3n) is 5.39. The van der Waals surface area contributed by atoms with Crippen LogP contribution in [-0.4, -0.2) is 61.0 Å². The molecule has 0 radical (unpaired) electrons. The third-order valence-corrected chi connectivity index (χ3v) is 5.39. The second-order valence-corrected chi connectivity index (χ2v) is 7.95. The number of hydrogen-bond acceptors (Lipinski definition) is 5. The lowest BCUT2D eigenvalue weighted by atomic mass is 10.1. The molecular weight excluding hydrogens is 392 g/mol. The van der Waals surface area contributed by atoms with Gasteiger partial charge in [0.2, 0.25) is 11.8 Å². The molecule has 0 bridgehead atoms. The van der Waals surface area contributed by atoms with Crippen LogP contribution in [-0.2, 0) is 11.3 Å². The molecule has 0 saturated carbocycles. The molecule has 0 aliphatic carbocycles. The van der Waals surface area contributed by atoms with Crippen LogP contribution in [0.4, 0.5) is 0 Å². The van der Waals surface area contributed by atoms with Crippen molar-refractivity contribution < 1.29 is 9.21 Å². The summed E-state index contributed by atoms with van der Waals surface area (Å²) in [6.45, 7) is 7.60. The van der Waals surface area contributed by atoms with Crippen LogP contribution in [0.2, 0.25) is 0 Å². The fourth-order valence-corrected chi connectivity index (χ4v) is 3.55. The molecule has 8 heteroatoms. The van der Waals surface area contributed by atoms with Crippen LogP contribution >= 0.6 is 0 Å². The number of oxazole rings is 1. The van der Waals surface area contributed by atoms with E-state index in [1.54, 1.807) is 13.2 Å². The van der Waals surface area contributed by atoms with Gasteiger partial charge in [0.1, 0.15) is 0 Å². The second-order valence-electron chi connectivity index (χ2n) is 7.95. The Hall–Kier alpha value is -2.87. The number of benzene rings is 1. The monoisotopic (exact) mass is 426 g/mol. The Labute approximate surface area is 184 Å². The summed E-state index contributed by atoms with van der Waals surface area (Å²) in [4.78, 5) is 22.8. The minimum atomic E-state index is 0.113. The van der Waals surface area contributed by atoms with E-state index in [0.717, 1.165) is 56.2 Å². The number of aryl methyl sites for hydroxylation is 1. The summed E-state index contributed by atoms with van der Waals surface area (Å²) in [6, 6.07) is 8.52. The van der Waals surface area contributed by atoms with E-state index in [-0.39, 0.29) is 5.91 Å². The van der Waals surface area contributed by atoms with E-state index in [1.165, 1.54) is 5.56 Å². The van der Waals surface area contributed by atoms with E-state index in [9.17, 15) is 4.79 Å². The van der Waals surface area contributed by atoms with Gasteiger partial charge in [-0.15, -0.1) is 0 Å². The van der Waals surface area contributed by atoms with Crippen LogP contribution in [0.5, 0.6) is 0 Å². The Balaban J connectivity index is 1.41. The van der Waals surface area contributed by atoms with Crippen molar-refractivity contribution in [3.8, 4) is 11.3 Å². The van der Waals surface area contributed by atoms with Crippen molar-refractivity contribution in [3.63, 3.8) is 0 Å². The number of amides is 1. The molecule has 1 aliphatic heterocycles. The molecule has 168 valence electrons. The highest BCUT2D eigenvalue weighted by Gasteiger charge is 2.21. The predicted octanol–water partition coefficient (Wildman–Crippen LogP) is 2.31. The third kappa shape index (κ3) is 7.10. The predicted molar refractivity (Wildman–Crippen MR) is 123 cm³/mol. The zero-order valence-corrected chi connectivity index (χ0v) is 18.8. The molecule has 1 aromatic heterocycles. The molecule has 31 heavy (non-hydrogen) atoms. The smallest absolute Gasteiger partial charge is 0.234 e. The number of carbonyl (C=O) groups excluding carboxylic acids is 1. The maximum atomic E-state index is 11.9. The summed E-state index contributed by atoms with van der Waals surface area (Å²) in [5, 5.41) is 9.69. The first kappa shape index (κ1) is 22.8. The highest BCUT2D eigenvalue weighted by atomic mass is 16.4. The fourth-order valence-electron chi connectivity index (χ4n) is 3.55. The van der Waals surface area contributed by atoms with Gasteiger partial charge in [-0.3, -0.25) is 14.7 Å². The van der Waals surface area contributed by atoms with E-state index in [1.807, 2.05) is 12.1 Å². The average molecular weight is 427 g/mol. The first-order chi connectivity index (χ1) is 15.1. The largest absolute Gasteiger partial charge is 0.439 e. The number of nitrogens with zero attached hydrogens (tertiary/aromatic N) is 3. The molecule has 1 amide bonds. The topological polar surface area (TPSA) is 94.8 Å². The summed E-state index contributed by atoms with van der Waals surface area (Å²) in [5.41, 5.74) is 2.23. The van der Waals surface area contributed by atoms with E-state index >= 15 is 0 Å². The molecule has 0 unspecified atom stereocenters. The lowest BCUT2D eigenvalue weighted by molar-refractivity contribution is -0.122. The number of aromatic nitrogens is 1. The zero-order valence-electron chi connectivity index (χ0n) is 18.8. The van der Waals surface area contributed by atoms with Gasteiger partial charge >= 0.3 is 0 Å². The minimum absolute atomic E-state index is 0.113. The van der Waals surface area contributed by atoms with Gasteiger partial charge in [0.15, 0.2) is 11.7 Å². The summed E-state index contributed by atoms with van der Waals surface area (Å²) in [7, 11) is 1.76. The van der Waals surface area contributed by atoms with Crippen LogP contribution in [0.3, 0.4) is 0 Å². The molecule has 1 aromatic carbocycles. The zero-order chi connectivity index (χ0) is 22.1. The van der Waals surface area contributed by atoms with E-state index in [0.29, 0.717) is 25.0 Å². The number of rotatable bonds is 8. The molecular formula is C23H34N6O2. The van der Waals surface area contributed by atoms with Gasteiger partial charge in [-0.25, -0.2) is 4.98 Å². The first-order valence-corrected chi connectivity index (χ1v) is 11.1. The van der Waals surface area contributed by atoms with Gasteiger partial charge in [-0.05, 0) is 26.2 Å². The maximum absolute atomic E-state index is 11.9. The first-order valence-electron chi connectivity index (χ1n) is 11.1. The molecule has 1 saturated heterocycles. The van der Waals surface area contributed by atoms with Crippen molar-refractivity contribution in [3.05, 3.63) is 41.9 Å². The summed E-state index contributed by atoms with van der Waals surface area (Å²) in [5.74, 6) is 2.22. The number of likely N-dealkylation sites (tertiary alicyclic amines) is 1. The summed E-state index contributed by atoms with van der Waals surface area (Å²) < 4.78 is 5.87. The number of guanidine groups is 1. The van der Waals surface area contributed by atoms with Gasteiger partial charge in [0, 0.05) is 38.3 Å². The Morgan fingerprint density at radius 2 is 1.97 bits per heavy atom. The van der Waals surface area contributed by atoms with E-state index in [2.05, 4.69) is 56.8 Å². The Kier molecular flexibility index (Phi) is 8.46. The SMILES string of the molecule is CCCNC(=O)CN1CCC(NC(=NC)NCc2ncc(-c3ccc(C)cc3)o2)CC1. The van der Waals surface area contributed by atoms with E-state index < -0.39 is 0 Å². The van der Waals surface area contributed by atoms with Crippen LogP contribution in [0.15, 0.2) is 39.9 Å². The molecule has 2 aromatic rings. The standard InChI is InChI=1S/C23H34N6O2/c1-4-11-25-21(30)16-29-12-9-19(10-13-29)28-23(24-3)27-15-22-26-14-20(31-22)18-7-5-17(2)6-8-18/h5-8,14,19H,4,9-13,15-16H2,1-3H3,(H,25,30)(H2,24,27,28). The summed E-state index contributed by atoms with van der Waals surface area (Å²) >= 11 is 0. The van der Waals surface area contributed by atoms with Crippen molar-refractivity contribution >= 4 is 11.9 Å². The number of aliphatic imine (C=N–C) groups is 1. The Bertz CT molecular complexity index is 853. The molecule has 2 heterocycles. The number of carbonyl (C=O) groups is 1. The van der Waals surface area contributed by atoms with Crippen LogP contribution in [0.25, 0.3) is 11.3 Å². The van der Waals surface area contributed by atoms with Gasteiger partial charge in [-0.2, -0.15) is 0 Å². The van der Waals surface area contributed by atoms with Crippen LogP contribution < -0.4 is 16.0 Å². The maximum Gasteiger partial charge on any atom is 0.234 e. The van der Waals surface area contributed by atoms with Crippen molar-refractivity contribution in [2.45, 2.75) is 45.7 Å². The van der Waals surface area contributed by atoms with Crippen molar-refractivity contribution in [1.82, 2.24) is 25.8 Å². The van der Waals surface area contributed by atoms with Gasteiger partial charge in [0.25, 0.3) is 0 Å². The van der Waals surface area contributed by atoms with Crippen LogP contribution in [0.1, 0.15) is 37.6 Å². The van der Waals surface area contributed by atoms with Crippen molar-refractivity contribution in [1.29, 1.82) is 0 Å². The van der Waals surface area contributed by atoms with E-state index in [4.69, 9.17) is 4.42 Å². The Morgan fingerprint density at radius 1 is 1.23 bits per heavy atom. The second kappa shape index (κ2) is 11.5. The van der Waals surface area contributed by atoms with Gasteiger partial charge < -0.3 is 20.4 Å². The minimum Gasteiger partial charge on any atom is -0.439 e. The normalized spacial score (nSPS) is 15.6. The molecule has 1 aliphatic rings. The van der Waals surface area contributed by atoms with Crippen LogP contribution in [0, 0.1) is 6.92 Å². The molecule has 0 atom stereocenters. The van der Waals surface area contributed by atoms with Crippen molar-refractivity contribution in [2.75, 3.05) is 33.2 Å². The lowest BCUT2D eigenvalue weighted by Gasteiger charge is -2.32. The Morgan fingerprint density at radius 3 is 2.65 bits per heavy atom. The molecule has 1 fully saturated rings. The average Bonchev–Trinajstić information content (AvgIpc) is 3.26. The number of nitrogens with one attached hydrogen (secondary N) is 3. The highest BCUT2D eigenvalue weighted by Crippen LogP contribution is 2.20. The summed E-state index contributed by atoms with van der Waals surface area (Å²) in [6.07, 6.45) is 4.66. The number of hydrogen-bond donors (Lipinski definition) is 3. The molecule has 3 N–H and O–H groups in total. The van der Waals surface area contributed by atoms with Crippen molar-refractivity contribution in [2.24, 2.45) is 4.99 Å². The lowest BCUT2D eigenvalue weighted by Crippen LogP contribution is -2.50. The highest BCUT2D eigenvalue weighted by molar-refractivity contribution is 5.80. The molecule has 3 rings (SSSR count).